The van der Waals surface area contributed by atoms with Crippen LogP contribution in [0.15, 0.2) is 16.6 Å². The van der Waals surface area contributed by atoms with Gasteiger partial charge in [-0.25, -0.2) is 4.39 Å². The molecule has 0 aliphatic carbocycles. The molecule has 0 radical (unpaired) electrons. The highest BCUT2D eigenvalue weighted by atomic mass is 79.9. The summed E-state index contributed by atoms with van der Waals surface area (Å²) in [5.41, 5.74) is 1.29. The van der Waals surface area contributed by atoms with E-state index in [1.54, 1.807) is 13.0 Å². The van der Waals surface area contributed by atoms with Gasteiger partial charge in [0, 0.05) is 10.9 Å². The quantitative estimate of drug-likeness (QED) is 0.782. The van der Waals surface area contributed by atoms with Crippen LogP contribution in [0.25, 0.3) is 0 Å². The first-order valence-corrected chi connectivity index (χ1v) is 4.74. The Hall–Kier alpha value is -0.700. The zero-order valence-electron chi connectivity index (χ0n) is 7.53. The molecule has 0 atom stereocenters. The molecule has 0 bridgehead atoms. The highest BCUT2D eigenvalue weighted by molar-refractivity contribution is 9.10. The van der Waals surface area contributed by atoms with E-state index in [0.29, 0.717) is 15.6 Å². The molecule has 0 aromatic heterocycles. The van der Waals surface area contributed by atoms with Gasteiger partial charge in [-0.1, -0.05) is 15.9 Å². The summed E-state index contributed by atoms with van der Waals surface area (Å²) in [7, 11) is 0. The second-order valence-electron chi connectivity index (χ2n) is 3.06. The molecule has 0 saturated carbocycles. The fraction of sp³-hybridized carbons (Fsp3) is 0.300. The highest BCUT2D eigenvalue weighted by Crippen LogP contribution is 2.21. The third kappa shape index (κ3) is 2.62. The van der Waals surface area contributed by atoms with E-state index in [1.165, 1.54) is 13.0 Å². The van der Waals surface area contributed by atoms with Gasteiger partial charge in [-0.05, 0) is 37.1 Å². The maximum atomic E-state index is 13.1. The van der Waals surface area contributed by atoms with Crippen LogP contribution in [0.2, 0.25) is 0 Å². The molecule has 0 aliphatic heterocycles. The summed E-state index contributed by atoms with van der Waals surface area (Å²) in [6.45, 7) is 3.18. The van der Waals surface area contributed by atoms with Crippen LogP contribution in [0.5, 0.6) is 0 Å². The van der Waals surface area contributed by atoms with Crippen LogP contribution in [0.1, 0.15) is 18.1 Å². The second kappa shape index (κ2) is 4.01. The number of hydrogen-bond donors (Lipinski definition) is 0. The highest BCUT2D eigenvalue weighted by Gasteiger charge is 2.06. The van der Waals surface area contributed by atoms with E-state index < -0.39 is 0 Å². The van der Waals surface area contributed by atoms with Gasteiger partial charge in [0.15, 0.2) is 0 Å². The predicted molar refractivity (Wildman–Crippen MR) is 53.2 cm³/mol. The Balaban J connectivity index is 3.06. The van der Waals surface area contributed by atoms with Crippen molar-refractivity contribution in [1.82, 2.24) is 0 Å². The van der Waals surface area contributed by atoms with Crippen LogP contribution >= 0.6 is 15.9 Å². The number of carbonyl (C=O) groups excluding carboxylic acids is 1. The van der Waals surface area contributed by atoms with Crippen molar-refractivity contribution in [3.8, 4) is 0 Å². The minimum atomic E-state index is -0.273. The Bertz CT molecular complexity index is 324. The van der Waals surface area contributed by atoms with Gasteiger partial charge in [-0.15, -0.1) is 0 Å². The van der Waals surface area contributed by atoms with Crippen molar-refractivity contribution in [2.24, 2.45) is 0 Å². The fourth-order valence-electron chi connectivity index (χ4n) is 1.09. The largest absolute Gasteiger partial charge is 0.300 e. The average molecular weight is 245 g/mol. The number of Topliss-reactive ketones (excluding diaryl/α,β-unsaturated/α-hetero) is 1. The normalized spacial score (nSPS) is 10.2. The average Bonchev–Trinajstić information content (AvgIpc) is 1.98. The lowest BCUT2D eigenvalue weighted by atomic mass is 10.1. The first-order chi connectivity index (χ1) is 6.00. The number of rotatable bonds is 2. The van der Waals surface area contributed by atoms with Crippen LogP contribution in [0.4, 0.5) is 4.39 Å². The lowest BCUT2D eigenvalue weighted by molar-refractivity contribution is -0.116. The van der Waals surface area contributed by atoms with E-state index in [9.17, 15) is 9.18 Å². The Morgan fingerprint density at radius 2 is 2.15 bits per heavy atom. The third-order valence-electron chi connectivity index (χ3n) is 1.79. The molecule has 0 amide bonds. The molecule has 0 unspecified atom stereocenters. The standard InChI is InChI=1S/C10H10BrFO/c1-6(13)3-8-4-9(11)7(2)10(12)5-8/h4-5H,3H2,1-2H3. The lowest BCUT2D eigenvalue weighted by Crippen LogP contribution is -1.98. The Morgan fingerprint density at radius 1 is 1.54 bits per heavy atom. The van der Waals surface area contributed by atoms with E-state index in [0.717, 1.165) is 0 Å². The molecule has 0 aliphatic rings. The summed E-state index contributed by atoms with van der Waals surface area (Å²) in [6, 6.07) is 3.18. The van der Waals surface area contributed by atoms with Crippen LogP contribution in [0.3, 0.4) is 0 Å². The lowest BCUT2D eigenvalue weighted by Gasteiger charge is -2.03. The van der Waals surface area contributed by atoms with Crippen LogP contribution < -0.4 is 0 Å². The Morgan fingerprint density at radius 3 is 2.62 bits per heavy atom. The van der Waals surface area contributed by atoms with Gasteiger partial charge in [0.2, 0.25) is 0 Å². The van der Waals surface area contributed by atoms with Crippen molar-refractivity contribution >= 4 is 21.7 Å². The number of benzene rings is 1. The van der Waals surface area contributed by atoms with Gasteiger partial charge in [-0.3, -0.25) is 4.79 Å². The molecule has 13 heavy (non-hydrogen) atoms. The van der Waals surface area contributed by atoms with Gasteiger partial charge in [0.1, 0.15) is 11.6 Å². The van der Waals surface area contributed by atoms with Crippen LogP contribution in [0, 0.1) is 12.7 Å². The van der Waals surface area contributed by atoms with E-state index in [1.807, 2.05) is 0 Å². The maximum absolute atomic E-state index is 13.1. The van der Waals surface area contributed by atoms with Crippen molar-refractivity contribution in [1.29, 1.82) is 0 Å². The van der Waals surface area contributed by atoms with Crippen molar-refractivity contribution in [3.05, 3.63) is 33.5 Å². The molecule has 1 nitrogen and oxygen atoms in total. The molecule has 0 heterocycles. The van der Waals surface area contributed by atoms with Crippen LogP contribution in [-0.2, 0) is 11.2 Å². The van der Waals surface area contributed by atoms with E-state index in [4.69, 9.17) is 0 Å². The first kappa shape index (κ1) is 10.4. The summed E-state index contributed by atoms with van der Waals surface area (Å²) in [5.74, 6) is -0.235. The molecule has 1 aromatic rings. The van der Waals surface area contributed by atoms with Gasteiger partial charge < -0.3 is 0 Å². The molecular weight excluding hydrogens is 235 g/mol. The Kier molecular flexibility index (Phi) is 3.20. The molecule has 70 valence electrons. The SMILES string of the molecule is CC(=O)Cc1cc(F)c(C)c(Br)c1. The summed E-state index contributed by atoms with van der Waals surface area (Å²) >= 11 is 3.24. The predicted octanol–water partition coefficient (Wildman–Crippen LogP) is 3.03. The van der Waals surface area contributed by atoms with Crippen LogP contribution in [-0.4, -0.2) is 5.78 Å². The molecule has 0 N–H and O–H groups in total. The second-order valence-corrected chi connectivity index (χ2v) is 3.92. The zero-order valence-corrected chi connectivity index (χ0v) is 9.11. The molecule has 1 aromatic carbocycles. The Labute approximate surface area is 85.1 Å². The summed E-state index contributed by atoms with van der Waals surface area (Å²) in [6.07, 6.45) is 0.288. The van der Waals surface area contributed by atoms with Crippen molar-refractivity contribution in [3.63, 3.8) is 0 Å². The van der Waals surface area contributed by atoms with E-state index in [2.05, 4.69) is 15.9 Å². The van der Waals surface area contributed by atoms with Gasteiger partial charge in [0.25, 0.3) is 0 Å². The van der Waals surface area contributed by atoms with Gasteiger partial charge in [0.05, 0.1) is 0 Å². The number of halogens is 2. The third-order valence-corrected chi connectivity index (χ3v) is 2.62. The molecule has 0 fully saturated rings. The molecule has 1 rings (SSSR count). The summed E-state index contributed by atoms with van der Waals surface area (Å²) in [4.78, 5) is 10.8. The monoisotopic (exact) mass is 244 g/mol. The summed E-state index contributed by atoms with van der Waals surface area (Å²) in [5, 5.41) is 0. The molecular formula is C10H10BrFO. The van der Waals surface area contributed by atoms with E-state index >= 15 is 0 Å². The minimum Gasteiger partial charge on any atom is -0.300 e. The topological polar surface area (TPSA) is 17.1 Å². The summed E-state index contributed by atoms with van der Waals surface area (Å²) < 4.78 is 13.9. The van der Waals surface area contributed by atoms with Gasteiger partial charge >= 0.3 is 0 Å². The minimum absolute atomic E-state index is 0.0372. The van der Waals surface area contributed by atoms with Crippen molar-refractivity contribution < 1.29 is 9.18 Å². The first-order valence-electron chi connectivity index (χ1n) is 3.94. The number of hydrogen-bond acceptors (Lipinski definition) is 1. The van der Waals surface area contributed by atoms with Gasteiger partial charge in [-0.2, -0.15) is 0 Å². The number of ketones is 1. The fourth-order valence-corrected chi connectivity index (χ4v) is 1.57. The molecule has 0 saturated heterocycles. The molecule has 3 heteroatoms. The maximum Gasteiger partial charge on any atom is 0.134 e. The van der Waals surface area contributed by atoms with E-state index in [-0.39, 0.29) is 18.0 Å². The number of carbonyl (C=O) groups is 1. The van der Waals surface area contributed by atoms with Crippen molar-refractivity contribution in [2.45, 2.75) is 20.3 Å². The molecule has 0 spiro atoms. The smallest absolute Gasteiger partial charge is 0.134 e. The zero-order chi connectivity index (χ0) is 10.0. The van der Waals surface area contributed by atoms with Crippen molar-refractivity contribution in [2.75, 3.05) is 0 Å².